The minimum absolute atomic E-state index is 0.0918. The molecule has 4 nitrogen and oxygen atoms in total. The monoisotopic (exact) mass is 331 g/mol. The van der Waals surface area contributed by atoms with Gasteiger partial charge in [0.1, 0.15) is 5.76 Å². The van der Waals surface area contributed by atoms with Gasteiger partial charge in [0.2, 0.25) is 0 Å². The summed E-state index contributed by atoms with van der Waals surface area (Å²) >= 11 is 3.32. The molecule has 1 aromatic carbocycles. The van der Waals surface area contributed by atoms with E-state index >= 15 is 0 Å². The Balaban J connectivity index is 1.79. The average Bonchev–Trinajstić information content (AvgIpc) is 3.10. The highest BCUT2D eigenvalue weighted by molar-refractivity contribution is 9.10. The van der Waals surface area contributed by atoms with Gasteiger partial charge in [-0.1, -0.05) is 6.07 Å². The minimum Gasteiger partial charge on any atom is -0.452 e. The third-order valence-electron chi connectivity index (χ3n) is 3.02. The second-order valence-corrected chi connectivity index (χ2v) is 5.29. The predicted molar refractivity (Wildman–Crippen MR) is 82.0 cm³/mol. The molecule has 0 bridgehead atoms. The molecule has 0 aliphatic rings. The lowest BCUT2D eigenvalue weighted by atomic mass is 10.2. The number of aromatic nitrogens is 2. The number of anilines is 1. The summed E-state index contributed by atoms with van der Waals surface area (Å²) in [5, 5.41) is 7.65. The smallest absolute Gasteiger partial charge is 0.169 e. The molecule has 102 valence electrons. The molecule has 2 aromatic heterocycles. The quantitative estimate of drug-likeness (QED) is 0.770. The topological polar surface area (TPSA) is 43.0 Å². The fourth-order valence-electron chi connectivity index (χ4n) is 2.04. The summed E-state index contributed by atoms with van der Waals surface area (Å²) < 4.78 is 8.13. The van der Waals surface area contributed by atoms with Crippen LogP contribution in [-0.4, -0.2) is 9.78 Å². The van der Waals surface area contributed by atoms with Crippen LogP contribution in [0.2, 0.25) is 0 Å². The molecule has 2 heterocycles. The van der Waals surface area contributed by atoms with Gasteiger partial charge in [0.15, 0.2) is 4.67 Å². The van der Waals surface area contributed by atoms with Gasteiger partial charge >= 0.3 is 0 Å². The molecule has 0 saturated heterocycles. The Morgan fingerprint density at radius 3 is 2.85 bits per heavy atom. The van der Waals surface area contributed by atoms with Crippen LogP contribution in [0.15, 0.2) is 63.9 Å². The van der Waals surface area contributed by atoms with E-state index in [-0.39, 0.29) is 6.04 Å². The fourth-order valence-corrected chi connectivity index (χ4v) is 2.36. The van der Waals surface area contributed by atoms with Crippen molar-refractivity contribution in [2.45, 2.75) is 13.0 Å². The van der Waals surface area contributed by atoms with Gasteiger partial charge in [-0.15, -0.1) is 0 Å². The lowest BCUT2D eigenvalue weighted by Crippen LogP contribution is -2.06. The molecule has 5 heteroatoms. The van der Waals surface area contributed by atoms with Crippen molar-refractivity contribution in [3.63, 3.8) is 0 Å². The van der Waals surface area contributed by atoms with E-state index in [1.807, 2.05) is 47.3 Å². The number of nitrogens with one attached hydrogen (secondary N) is 1. The van der Waals surface area contributed by atoms with E-state index in [4.69, 9.17) is 4.42 Å². The number of hydrogen-bond donors (Lipinski definition) is 1. The van der Waals surface area contributed by atoms with Crippen molar-refractivity contribution in [3.05, 3.63) is 65.3 Å². The third kappa shape index (κ3) is 2.77. The zero-order chi connectivity index (χ0) is 13.9. The number of rotatable bonds is 4. The summed E-state index contributed by atoms with van der Waals surface area (Å²) in [6.45, 7) is 2.06. The van der Waals surface area contributed by atoms with Crippen LogP contribution in [0, 0.1) is 0 Å². The molecule has 0 spiro atoms. The Morgan fingerprint density at radius 2 is 2.15 bits per heavy atom. The van der Waals surface area contributed by atoms with Gasteiger partial charge in [-0.2, -0.15) is 5.10 Å². The molecule has 0 aliphatic heterocycles. The van der Waals surface area contributed by atoms with E-state index in [1.165, 1.54) is 0 Å². The van der Waals surface area contributed by atoms with Gasteiger partial charge in [-0.05, 0) is 59.3 Å². The first-order chi connectivity index (χ1) is 9.72. The predicted octanol–water partition coefficient (Wildman–Crippen LogP) is 4.40. The van der Waals surface area contributed by atoms with Crippen molar-refractivity contribution in [3.8, 4) is 5.69 Å². The van der Waals surface area contributed by atoms with Crippen LogP contribution in [0.1, 0.15) is 18.7 Å². The normalized spacial score (nSPS) is 12.3. The summed E-state index contributed by atoms with van der Waals surface area (Å²) in [7, 11) is 0. The Morgan fingerprint density at radius 1 is 1.25 bits per heavy atom. The molecule has 0 fully saturated rings. The van der Waals surface area contributed by atoms with E-state index in [0.29, 0.717) is 0 Å². The van der Waals surface area contributed by atoms with Crippen molar-refractivity contribution in [2.75, 3.05) is 5.32 Å². The van der Waals surface area contributed by atoms with Crippen LogP contribution in [0.25, 0.3) is 5.69 Å². The SMILES string of the molecule is CC(Nc1cccc(-n2cccn2)c1)c1ccc(Br)o1. The maximum Gasteiger partial charge on any atom is 0.169 e. The van der Waals surface area contributed by atoms with Gasteiger partial charge in [0, 0.05) is 18.1 Å². The molecule has 0 saturated carbocycles. The van der Waals surface area contributed by atoms with Crippen LogP contribution in [0.3, 0.4) is 0 Å². The molecule has 1 atom stereocenters. The highest BCUT2D eigenvalue weighted by Gasteiger charge is 2.10. The Kier molecular flexibility index (Phi) is 3.60. The fraction of sp³-hybridized carbons (Fsp3) is 0.133. The van der Waals surface area contributed by atoms with Crippen molar-refractivity contribution in [1.29, 1.82) is 0 Å². The lowest BCUT2D eigenvalue weighted by Gasteiger charge is -2.13. The van der Waals surface area contributed by atoms with E-state index in [2.05, 4.69) is 39.3 Å². The summed E-state index contributed by atoms with van der Waals surface area (Å²) in [6, 6.07) is 14.0. The number of halogens is 1. The van der Waals surface area contributed by atoms with Gasteiger partial charge in [0.05, 0.1) is 11.7 Å². The number of nitrogens with zero attached hydrogens (tertiary/aromatic N) is 2. The van der Waals surface area contributed by atoms with Crippen LogP contribution >= 0.6 is 15.9 Å². The average molecular weight is 332 g/mol. The van der Waals surface area contributed by atoms with Crippen LogP contribution < -0.4 is 5.32 Å². The highest BCUT2D eigenvalue weighted by Crippen LogP contribution is 2.24. The van der Waals surface area contributed by atoms with Gasteiger partial charge < -0.3 is 9.73 Å². The Hall–Kier alpha value is -2.01. The van der Waals surface area contributed by atoms with Crippen molar-refractivity contribution < 1.29 is 4.42 Å². The molecule has 3 aromatic rings. The van der Waals surface area contributed by atoms with Crippen LogP contribution in [0.5, 0.6) is 0 Å². The number of furan rings is 1. The molecule has 0 amide bonds. The van der Waals surface area contributed by atoms with Crippen molar-refractivity contribution in [1.82, 2.24) is 9.78 Å². The van der Waals surface area contributed by atoms with Crippen LogP contribution in [0.4, 0.5) is 5.69 Å². The third-order valence-corrected chi connectivity index (χ3v) is 3.45. The van der Waals surface area contributed by atoms with Crippen molar-refractivity contribution >= 4 is 21.6 Å². The lowest BCUT2D eigenvalue weighted by molar-refractivity contribution is 0.471. The molecule has 0 radical (unpaired) electrons. The summed E-state index contributed by atoms with van der Waals surface area (Å²) in [6.07, 6.45) is 3.69. The van der Waals surface area contributed by atoms with E-state index in [0.717, 1.165) is 21.8 Å². The molecular weight excluding hydrogens is 318 g/mol. The zero-order valence-electron chi connectivity index (χ0n) is 11.0. The largest absolute Gasteiger partial charge is 0.452 e. The van der Waals surface area contributed by atoms with Crippen molar-refractivity contribution in [2.24, 2.45) is 0 Å². The van der Waals surface area contributed by atoms with E-state index in [1.54, 1.807) is 6.20 Å². The first-order valence-electron chi connectivity index (χ1n) is 6.34. The molecule has 0 aliphatic carbocycles. The molecular formula is C15H14BrN3O. The second kappa shape index (κ2) is 5.54. The summed E-state index contributed by atoms with van der Waals surface area (Å²) in [5.41, 5.74) is 2.05. The zero-order valence-corrected chi connectivity index (χ0v) is 12.5. The minimum atomic E-state index is 0.0918. The van der Waals surface area contributed by atoms with Crippen LogP contribution in [-0.2, 0) is 0 Å². The summed E-state index contributed by atoms with van der Waals surface area (Å²) in [5.74, 6) is 0.890. The Bertz CT molecular complexity index is 691. The number of hydrogen-bond acceptors (Lipinski definition) is 3. The highest BCUT2D eigenvalue weighted by atomic mass is 79.9. The number of benzene rings is 1. The van der Waals surface area contributed by atoms with Gasteiger partial charge in [-0.25, -0.2) is 4.68 Å². The molecule has 20 heavy (non-hydrogen) atoms. The standard InChI is InChI=1S/C15H14BrN3O/c1-11(14-6-7-15(16)20-14)18-12-4-2-5-13(10-12)19-9-3-8-17-19/h2-11,18H,1H3. The van der Waals surface area contributed by atoms with E-state index in [9.17, 15) is 0 Å². The van der Waals surface area contributed by atoms with E-state index < -0.39 is 0 Å². The first-order valence-corrected chi connectivity index (χ1v) is 7.13. The molecule has 1 unspecified atom stereocenters. The molecule has 3 rings (SSSR count). The summed E-state index contributed by atoms with van der Waals surface area (Å²) in [4.78, 5) is 0. The Labute approximate surface area is 125 Å². The van der Waals surface area contributed by atoms with Gasteiger partial charge in [-0.3, -0.25) is 0 Å². The maximum atomic E-state index is 5.56. The maximum absolute atomic E-state index is 5.56. The van der Waals surface area contributed by atoms with Gasteiger partial charge in [0.25, 0.3) is 0 Å². The second-order valence-electron chi connectivity index (χ2n) is 4.51. The first kappa shape index (κ1) is 13.0. The molecule has 1 N–H and O–H groups in total.